The van der Waals surface area contributed by atoms with E-state index >= 15 is 0 Å². The Balaban J connectivity index is 1.96. The third-order valence-corrected chi connectivity index (χ3v) is 2.85. The van der Waals surface area contributed by atoms with Gasteiger partial charge in [0, 0.05) is 30.8 Å². The maximum atomic E-state index is 11.3. The van der Waals surface area contributed by atoms with Crippen molar-refractivity contribution >= 4 is 15.9 Å². The van der Waals surface area contributed by atoms with Crippen molar-refractivity contribution in [2.75, 3.05) is 6.26 Å². The number of hydrogen-bond donors (Lipinski definition) is 1. The molecule has 0 saturated carbocycles. The van der Waals surface area contributed by atoms with Gasteiger partial charge in [0.15, 0.2) is 0 Å². The van der Waals surface area contributed by atoms with Crippen LogP contribution in [0.25, 0.3) is 11.4 Å². The van der Waals surface area contributed by atoms with Crippen molar-refractivity contribution in [1.29, 1.82) is 0 Å². The van der Waals surface area contributed by atoms with E-state index < -0.39 is 15.9 Å². The van der Waals surface area contributed by atoms with E-state index in [0.717, 1.165) is 6.26 Å². The van der Waals surface area contributed by atoms with Crippen LogP contribution >= 0.6 is 0 Å². The number of aryl methyl sites for hydroxylation is 1. The van der Waals surface area contributed by atoms with Crippen LogP contribution in [0.4, 0.5) is 0 Å². The lowest BCUT2D eigenvalue weighted by Crippen LogP contribution is -2.29. The fraction of sp³-hybridized carbons (Fsp3) is 0.273. The molecule has 2 rings (SSSR count). The Morgan fingerprint density at radius 2 is 2.25 bits per heavy atom. The highest BCUT2D eigenvalue weighted by Crippen LogP contribution is 2.14. The number of nitrogens with zero attached hydrogens (tertiary/aromatic N) is 3. The summed E-state index contributed by atoms with van der Waals surface area (Å²) in [5.74, 6) is 0.0118. The van der Waals surface area contributed by atoms with Gasteiger partial charge in [-0.15, -0.1) is 0 Å². The topological polar surface area (TPSA) is 115 Å². The Labute approximate surface area is 115 Å². The van der Waals surface area contributed by atoms with Gasteiger partial charge in [-0.05, 0) is 12.1 Å². The summed E-state index contributed by atoms with van der Waals surface area (Å²) in [6.45, 7) is 0. The molecular weight excluding hydrogens is 284 g/mol. The second-order valence-corrected chi connectivity index (χ2v) is 5.80. The van der Waals surface area contributed by atoms with Crippen molar-refractivity contribution in [3.05, 3.63) is 30.4 Å². The van der Waals surface area contributed by atoms with Gasteiger partial charge in [0.25, 0.3) is 0 Å². The van der Waals surface area contributed by atoms with E-state index in [1.54, 1.807) is 24.5 Å². The molecule has 2 aromatic rings. The Morgan fingerprint density at radius 1 is 1.45 bits per heavy atom. The highest BCUT2D eigenvalue weighted by Gasteiger charge is 2.12. The van der Waals surface area contributed by atoms with E-state index in [-0.39, 0.29) is 18.7 Å². The minimum absolute atomic E-state index is 0.0538. The van der Waals surface area contributed by atoms with Crippen LogP contribution in [0.5, 0.6) is 0 Å². The fourth-order valence-electron chi connectivity index (χ4n) is 1.45. The lowest BCUT2D eigenvalue weighted by atomic mass is 10.3. The second kappa shape index (κ2) is 5.78. The highest BCUT2D eigenvalue weighted by atomic mass is 32.2. The van der Waals surface area contributed by atoms with Gasteiger partial charge in [0.05, 0.1) is 6.26 Å². The molecule has 0 bridgehead atoms. The molecule has 0 aliphatic carbocycles. The summed E-state index contributed by atoms with van der Waals surface area (Å²) in [6, 6.07) is 3.52. The standard InChI is InChI=1S/C11H12N4O4S/c1-20(17,18)15-9(16)4-5-10-13-11(14-19-10)8-3-2-6-12-7-8/h2-3,6-7H,4-5H2,1H3,(H,15,16). The average Bonchev–Trinajstić information content (AvgIpc) is 2.84. The summed E-state index contributed by atoms with van der Waals surface area (Å²) >= 11 is 0. The van der Waals surface area contributed by atoms with Crippen molar-refractivity contribution in [2.45, 2.75) is 12.8 Å². The van der Waals surface area contributed by atoms with Gasteiger partial charge in [-0.2, -0.15) is 4.98 Å². The number of pyridine rings is 1. The molecule has 2 heterocycles. The molecule has 20 heavy (non-hydrogen) atoms. The van der Waals surface area contributed by atoms with E-state index in [0.29, 0.717) is 11.4 Å². The maximum absolute atomic E-state index is 11.3. The van der Waals surface area contributed by atoms with Gasteiger partial charge in [-0.3, -0.25) is 14.5 Å². The van der Waals surface area contributed by atoms with E-state index in [9.17, 15) is 13.2 Å². The lowest BCUT2D eigenvalue weighted by Gasteiger charge is -1.99. The van der Waals surface area contributed by atoms with Crippen LogP contribution in [-0.4, -0.2) is 35.7 Å². The summed E-state index contributed by atoms with van der Waals surface area (Å²) in [5.41, 5.74) is 0.697. The van der Waals surface area contributed by atoms with Gasteiger partial charge in [0.2, 0.25) is 27.6 Å². The molecular formula is C11H12N4O4S. The molecule has 9 heteroatoms. The van der Waals surface area contributed by atoms with Crippen molar-refractivity contribution < 1.29 is 17.7 Å². The van der Waals surface area contributed by atoms with Gasteiger partial charge < -0.3 is 4.52 Å². The minimum atomic E-state index is -3.54. The molecule has 0 saturated heterocycles. The number of sulfonamides is 1. The zero-order valence-electron chi connectivity index (χ0n) is 10.6. The first kappa shape index (κ1) is 14.1. The van der Waals surface area contributed by atoms with E-state index in [2.05, 4.69) is 15.1 Å². The number of hydrogen-bond acceptors (Lipinski definition) is 7. The number of amides is 1. The molecule has 0 aliphatic rings. The van der Waals surface area contributed by atoms with E-state index in [1.807, 2.05) is 4.72 Å². The minimum Gasteiger partial charge on any atom is -0.339 e. The molecule has 2 aromatic heterocycles. The summed E-state index contributed by atoms with van der Waals surface area (Å²) in [7, 11) is -3.54. The average molecular weight is 296 g/mol. The maximum Gasteiger partial charge on any atom is 0.233 e. The smallest absolute Gasteiger partial charge is 0.233 e. The molecule has 0 aliphatic heterocycles. The number of nitrogens with one attached hydrogen (secondary N) is 1. The van der Waals surface area contributed by atoms with Crippen LogP contribution in [0.1, 0.15) is 12.3 Å². The van der Waals surface area contributed by atoms with Gasteiger partial charge in [-0.25, -0.2) is 8.42 Å². The third-order valence-electron chi connectivity index (χ3n) is 2.25. The second-order valence-electron chi connectivity index (χ2n) is 4.05. The van der Waals surface area contributed by atoms with Crippen LogP contribution in [0.2, 0.25) is 0 Å². The quantitative estimate of drug-likeness (QED) is 0.834. The summed E-state index contributed by atoms with van der Waals surface area (Å²) in [6.07, 6.45) is 4.24. The van der Waals surface area contributed by atoms with Gasteiger partial charge in [-0.1, -0.05) is 5.16 Å². The molecule has 0 aromatic carbocycles. The van der Waals surface area contributed by atoms with E-state index in [1.165, 1.54) is 0 Å². The van der Waals surface area contributed by atoms with Crippen molar-refractivity contribution in [3.63, 3.8) is 0 Å². The molecule has 0 spiro atoms. The highest BCUT2D eigenvalue weighted by molar-refractivity contribution is 7.89. The lowest BCUT2D eigenvalue weighted by molar-refractivity contribution is -0.119. The molecule has 0 atom stereocenters. The number of carbonyl (C=O) groups excluding carboxylic acids is 1. The molecule has 106 valence electrons. The zero-order chi connectivity index (χ0) is 14.6. The Kier molecular flexibility index (Phi) is 4.08. The molecule has 0 unspecified atom stereocenters. The Hall–Kier alpha value is -2.29. The summed E-state index contributed by atoms with van der Waals surface area (Å²) in [4.78, 5) is 19.4. The predicted octanol–water partition coefficient (Wildman–Crippen LogP) is 0.140. The summed E-state index contributed by atoms with van der Waals surface area (Å²) < 4.78 is 28.5. The first-order valence-corrected chi connectivity index (χ1v) is 7.57. The van der Waals surface area contributed by atoms with Crippen LogP contribution in [-0.2, 0) is 21.2 Å². The summed E-state index contributed by atoms with van der Waals surface area (Å²) in [5, 5.41) is 3.76. The monoisotopic (exact) mass is 296 g/mol. The van der Waals surface area contributed by atoms with Crippen LogP contribution in [0, 0.1) is 0 Å². The molecule has 0 fully saturated rings. The zero-order valence-corrected chi connectivity index (χ0v) is 11.4. The first-order valence-electron chi connectivity index (χ1n) is 5.67. The predicted molar refractivity (Wildman–Crippen MR) is 68.8 cm³/mol. The molecule has 1 N–H and O–H groups in total. The number of carbonyl (C=O) groups is 1. The van der Waals surface area contributed by atoms with Crippen molar-refractivity contribution in [3.8, 4) is 11.4 Å². The van der Waals surface area contributed by atoms with Gasteiger partial charge in [0.1, 0.15) is 0 Å². The molecule has 1 amide bonds. The van der Waals surface area contributed by atoms with Crippen LogP contribution < -0.4 is 4.72 Å². The van der Waals surface area contributed by atoms with Gasteiger partial charge >= 0.3 is 0 Å². The SMILES string of the molecule is CS(=O)(=O)NC(=O)CCc1nc(-c2cccnc2)no1. The van der Waals surface area contributed by atoms with Crippen molar-refractivity contribution in [2.24, 2.45) is 0 Å². The van der Waals surface area contributed by atoms with E-state index in [4.69, 9.17) is 4.52 Å². The normalized spacial score (nSPS) is 11.2. The number of aromatic nitrogens is 3. The third kappa shape index (κ3) is 4.12. The van der Waals surface area contributed by atoms with Crippen LogP contribution in [0.3, 0.4) is 0 Å². The first-order chi connectivity index (χ1) is 9.44. The van der Waals surface area contributed by atoms with Crippen molar-refractivity contribution in [1.82, 2.24) is 19.8 Å². The largest absolute Gasteiger partial charge is 0.339 e. The number of rotatable bonds is 5. The van der Waals surface area contributed by atoms with Crippen LogP contribution in [0.15, 0.2) is 29.0 Å². The Bertz CT molecular complexity index is 696. The Morgan fingerprint density at radius 3 is 2.90 bits per heavy atom. The fourth-order valence-corrected chi connectivity index (χ4v) is 1.96. The molecule has 8 nitrogen and oxygen atoms in total. The molecule has 0 radical (unpaired) electrons.